The molecule has 5 heteroatoms. The Morgan fingerprint density at radius 1 is 1.14 bits per heavy atom. The third kappa shape index (κ3) is 2.69. The van der Waals surface area contributed by atoms with E-state index in [1.54, 1.807) is 24.3 Å². The lowest BCUT2D eigenvalue weighted by Crippen LogP contribution is -1.89. The molecule has 0 aliphatic rings. The molecule has 4 nitrogen and oxygen atoms in total. The molecular weight excluding hydrogens is 292 g/mol. The lowest BCUT2D eigenvalue weighted by Gasteiger charge is -2.05. The number of pyridine rings is 1. The first-order valence-electron chi connectivity index (χ1n) is 9.29. The zero-order valence-corrected chi connectivity index (χ0v) is 12.1. The zero-order valence-electron chi connectivity index (χ0n) is 17.3. The van der Waals surface area contributed by atoms with E-state index in [-0.39, 0.29) is 16.5 Å². The summed E-state index contributed by atoms with van der Waals surface area (Å²) >= 11 is 1.10. The van der Waals surface area contributed by atoms with Gasteiger partial charge < -0.3 is 5.73 Å². The van der Waals surface area contributed by atoms with Gasteiger partial charge in [0.2, 0.25) is 0 Å². The Labute approximate surface area is 141 Å². The summed E-state index contributed by atoms with van der Waals surface area (Å²) in [5.41, 5.74) is 7.07. The van der Waals surface area contributed by atoms with Crippen LogP contribution in [0.1, 0.15) is 25.2 Å². The molecule has 3 rings (SSSR count). The molecule has 0 bridgehead atoms. The van der Waals surface area contributed by atoms with Gasteiger partial charge in [0.25, 0.3) is 0 Å². The Morgan fingerprint density at radius 2 is 1.91 bits per heavy atom. The number of nitrogens with two attached hydrogens (primary N) is 1. The predicted molar refractivity (Wildman–Crippen MR) is 89.4 cm³/mol. The number of nitriles is 1. The van der Waals surface area contributed by atoms with Gasteiger partial charge >= 0.3 is 0 Å². The van der Waals surface area contributed by atoms with Crippen LogP contribution in [0.2, 0.25) is 0 Å². The molecule has 0 spiro atoms. The molecule has 108 valence electrons. The van der Waals surface area contributed by atoms with Crippen molar-refractivity contribution in [3.8, 4) is 27.8 Å². The van der Waals surface area contributed by atoms with E-state index in [4.69, 9.17) is 19.2 Å². The number of thiazole rings is 1. The van der Waals surface area contributed by atoms with Gasteiger partial charge in [0.15, 0.2) is 5.13 Å². The van der Waals surface area contributed by atoms with Gasteiger partial charge in [0.05, 0.1) is 22.2 Å². The van der Waals surface area contributed by atoms with Gasteiger partial charge in [-0.25, -0.2) is 4.98 Å². The van der Waals surface area contributed by atoms with Gasteiger partial charge in [-0.15, -0.1) is 0 Å². The lowest BCUT2D eigenvalue weighted by molar-refractivity contribution is 1.13. The number of aryl methyl sites for hydroxylation is 2. The van der Waals surface area contributed by atoms with E-state index < -0.39 is 13.7 Å². The summed E-state index contributed by atoms with van der Waals surface area (Å²) in [6, 6.07) is 11.4. The standard InChI is InChI=1S/C17H14N4S/c1-10-6-14(7-11(2)20-10)16-15(21-17(19)22-16)13-5-3-4-12(8-13)9-18/h3-8H,1-2H3,(H2,19,21)/i1D3,2D3. The van der Waals surface area contributed by atoms with Gasteiger partial charge in [-0.05, 0) is 43.5 Å². The number of hydrogen-bond acceptors (Lipinski definition) is 5. The lowest BCUT2D eigenvalue weighted by atomic mass is 10.0. The maximum atomic E-state index is 9.13. The highest BCUT2D eigenvalue weighted by atomic mass is 32.1. The number of nitrogens with zero attached hydrogens (tertiary/aromatic N) is 3. The molecule has 0 atom stereocenters. The summed E-state index contributed by atoms with van der Waals surface area (Å²) in [7, 11) is 0. The molecule has 2 N–H and O–H groups in total. The van der Waals surface area contributed by atoms with Crippen molar-refractivity contribution >= 4 is 16.5 Å². The predicted octanol–water partition coefficient (Wildman–Crippen LogP) is 3.94. The number of benzene rings is 1. The SMILES string of the molecule is [2H]C([2H])([2H])c1cc(-c2sc(N)nc2-c2cccc(C#N)c2)cc(C([2H])([2H])[2H])n1. The maximum absolute atomic E-state index is 9.13. The van der Waals surface area contributed by atoms with Crippen LogP contribution < -0.4 is 5.73 Å². The average molecular weight is 312 g/mol. The highest BCUT2D eigenvalue weighted by molar-refractivity contribution is 7.19. The molecule has 2 aromatic heterocycles. The van der Waals surface area contributed by atoms with Gasteiger partial charge in [-0.3, -0.25) is 4.98 Å². The topological polar surface area (TPSA) is 75.6 Å². The summed E-state index contributed by atoms with van der Waals surface area (Å²) in [5.74, 6) is 0. The van der Waals surface area contributed by atoms with Crippen LogP contribution in [0.4, 0.5) is 5.13 Å². The van der Waals surface area contributed by atoms with E-state index in [0.29, 0.717) is 27.3 Å². The minimum absolute atomic E-state index is 0.232. The van der Waals surface area contributed by atoms with E-state index in [0.717, 1.165) is 11.3 Å². The summed E-state index contributed by atoms with van der Waals surface area (Å²) in [6.45, 7) is -5.15. The summed E-state index contributed by atoms with van der Waals surface area (Å²) in [5, 5.41) is 9.36. The molecule has 0 amide bonds. The van der Waals surface area contributed by atoms with Gasteiger partial charge in [-0.2, -0.15) is 5.26 Å². The van der Waals surface area contributed by atoms with Crippen molar-refractivity contribution in [1.29, 1.82) is 5.26 Å². The number of rotatable bonds is 2. The van der Waals surface area contributed by atoms with Crippen molar-refractivity contribution in [2.45, 2.75) is 13.7 Å². The number of anilines is 1. The van der Waals surface area contributed by atoms with Crippen LogP contribution in [0, 0.1) is 25.0 Å². The zero-order chi connectivity index (χ0) is 20.7. The fourth-order valence-corrected chi connectivity index (χ4v) is 2.97. The van der Waals surface area contributed by atoms with Crippen molar-refractivity contribution in [3.05, 3.63) is 53.3 Å². The largest absolute Gasteiger partial charge is 0.375 e. The van der Waals surface area contributed by atoms with E-state index >= 15 is 0 Å². The summed E-state index contributed by atoms with van der Waals surface area (Å²) in [4.78, 5) is 8.63. The molecule has 22 heavy (non-hydrogen) atoms. The number of nitrogen functional groups attached to an aromatic ring is 1. The van der Waals surface area contributed by atoms with Gasteiger partial charge in [0.1, 0.15) is 0 Å². The fraction of sp³-hybridized carbons (Fsp3) is 0.118. The van der Waals surface area contributed by atoms with Crippen molar-refractivity contribution < 1.29 is 8.22 Å². The van der Waals surface area contributed by atoms with Crippen LogP contribution >= 0.6 is 11.3 Å². The van der Waals surface area contributed by atoms with E-state index in [9.17, 15) is 0 Å². The molecule has 1 aromatic carbocycles. The van der Waals surface area contributed by atoms with Crippen LogP contribution in [-0.2, 0) is 0 Å². The third-order valence-corrected chi connectivity index (χ3v) is 3.93. The normalized spacial score (nSPS) is 15.6. The van der Waals surface area contributed by atoms with Crippen LogP contribution in [-0.4, -0.2) is 9.97 Å². The van der Waals surface area contributed by atoms with Gasteiger partial charge in [0, 0.05) is 25.2 Å². The third-order valence-electron chi connectivity index (χ3n) is 3.00. The Hall–Kier alpha value is -2.71. The molecule has 2 heterocycles. The molecule has 0 aliphatic carbocycles. The van der Waals surface area contributed by atoms with Crippen LogP contribution in [0.3, 0.4) is 0 Å². The fourth-order valence-electron chi connectivity index (χ4n) is 2.13. The van der Waals surface area contributed by atoms with E-state index in [2.05, 4.69) is 9.97 Å². The smallest absolute Gasteiger partial charge is 0.181 e. The molecule has 0 unspecified atom stereocenters. The van der Waals surface area contributed by atoms with E-state index in [1.807, 2.05) is 6.07 Å². The van der Waals surface area contributed by atoms with E-state index in [1.165, 1.54) is 12.1 Å². The Morgan fingerprint density at radius 3 is 2.59 bits per heavy atom. The molecular formula is C17H14N4S. The molecule has 0 radical (unpaired) electrons. The van der Waals surface area contributed by atoms with Crippen molar-refractivity contribution in [1.82, 2.24) is 9.97 Å². The van der Waals surface area contributed by atoms with Crippen LogP contribution in [0.5, 0.6) is 0 Å². The van der Waals surface area contributed by atoms with Crippen LogP contribution in [0.15, 0.2) is 36.4 Å². The maximum Gasteiger partial charge on any atom is 0.181 e. The van der Waals surface area contributed by atoms with Crippen molar-refractivity contribution in [2.75, 3.05) is 5.73 Å². The first-order valence-corrected chi connectivity index (χ1v) is 7.11. The number of aromatic nitrogens is 2. The second kappa shape index (κ2) is 5.58. The minimum Gasteiger partial charge on any atom is -0.375 e. The van der Waals surface area contributed by atoms with Gasteiger partial charge in [-0.1, -0.05) is 23.5 Å². The average Bonchev–Trinajstić information content (AvgIpc) is 3.02. The second-order valence-electron chi connectivity index (χ2n) is 4.55. The Balaban J connectivity index is 2.26. The van der Waals surface area contributed by atoms with Crippen molar-refractivity contribution in [3.63, 3.8) is 0 Å². The first-order chi connectivity index (χ1) is 13.0. The summed E-state index contributed by atoms with van der Waals surface area (Å²) in [6.07, 6.45) is 0. The Bertz CT molecular complexity index is 1050. The quantitative estimate of drug-likeness (QED) is 0.777. The first kappa shape index (κ1) is 8.66. The molecule has 0 saturated carbocycles. The minimum atomic E-state index is -2.58. The summed E-state index contributed by atoms with van der Waals surface area (Å²) < 4.78 is 45.7. The Kier molecular flexibility index (Phi) is 2.20. The highest BCUT2D eigenvalue weighted by Crippen LogP contribution is 2.38. The molecule has 0 saturated heterocycles. The molecule has 0 aliphatic heterocycles. The monoisotopic (exact) mass is 312 g/mol. The highest BCUT2D eigenvalue weighted by Gasteiger charge is 2.15. The van der Waals surface area contributed by atoms with Crippen molar-refractivity contribution in [2.24, 2.45) is 0 Å². The number of hydrogen-bond donors (Lipinski definition) is 1. The molecule has 3 aromatic rings. The molecule has 0 fully saturated rings. The second-order valence-corrected chi connectivity index (χ2v) is 5.58. The van der Waals surface area contributed by atoms with Crippen LogP contribution in [0.25, 0.3) is 21.7 Å².